The zero-order valence-electron chi connectivity index (χ0n) is 10.8. The van der Waals surface area contributed by atoms with Gasteiger partial charge in [-0.15, -0.1) is 0 Å². The maximum absolute atomic E-state index is 10.9. The van der Waals surface area contributed by atoms with Crippen molar-refractivity contribution in [2.45, 2.75) is 13.5 Å². The van der Waals surface area contributed by atoms with Gasteiger partial charge in [0.15, 0.2) is 5.82 Å². The number of rotatable bonds is 8. The molecule has 0 atom stereocenters. The molecule has 0 saturated heterocycles. The highest BCUT2D eigenvalue weighted by Crippen LogP contribution is 2.11. The fourth-order valence-corrected chi connectivity index (χ4v) is 1.91. The van der Waals surface area contributed by atoms with Crippen LogP contribution in [0.1, 0.15) is 12.7 Å². The van der Waals surface area contributed by atoms with Gasteiger partial charge < -0.3 is 10.1 Å². The summed E-state index contributed by atoms with van der Waals surface area (Å²) in [6, 6.07) is 1.57. The molecule has 1 aromatic rings. The Balaban J connectivity index is 2.51. The van der Waals surface area contributed by atoms with Crippen molar-refractivity contribution in [3.63, 3.8) is 0 Å². The molecule has 9 heteroatoms. The van der Waals surface area contributed by atoms with Crippen LogP contribution in [0.3, 0.4) is 0 Å². The molecule has 0 amide bonds. The number of ether oxygens (including phenoxy) is 1. The third kappa shape index (κ3) is 7.26. The fourth-order valence-electron chi connectivity index (χ4n) is 1.24. The van der Waals surface area contributed by atoms with Gasteiger partial charge in [0.1, 0.15) is 17.6 Å². The van der Waals surface area contributed by atoms with Gasteiger partial charge in [0, 0.05) is 25.8 Å². The van der Waals surface area contributed by atoms with Gasteiger partial charge in [-0.25, -0.2) is 23.1 Å². The highest BCUT2D eigenvalue weighted by atomic mass is 35.5. The summed E-state index contributed by atoms with van der Waals surface area (Å²) in [6.45, 7) is 3.39. The number of anilines is 1. The Hall–Kier alpha value is -0.960. The number of nitrogens with one attached hydrogen (secondary N) is 2. The van der Waals surface area contributed by atoms with Crippen LogP contribution in [0.5, 0.6) is 0 Å². The number of hydrogen-bond donors (Lipinski definition) is 2. The van der Waals surface area contributed by atoms with Gasteiger partial charge in [0.25, 0.3) is 0 Å². The lowest BCUT2D eigenvalue weighted by molar-refractivity contribution is 0.128. The molecule has 1 rings (SSSR count). The maximum Gasteiger partial charge on any atom is 0.208 e. The van der Waals surface area contributed by atoms with E-state index in [-0.39, 0.29) is 13.2 Å². The van der Waals surface area contributed by atoms with Gasteiger partial charge in [-0.05, 0) is 6.92 Å². The van der Waals surface area contributed by atoms with Gasteiger partial charge in [0.2, 0.25) is 10.0 Å². The van der Waals surface area contributed by atoms with E-state index in [4.69, 9.17) is 16.3 Å². The van der Waals surface area contributed by atoms with Crippen molar-refractivity contribution < 1.29 is 13.2 Å². The molecule has 0 spiro atoms. The number of sulfonamides is 1. The monoisotopic (exact) mass is 308 g/mol. The Morgan fingerprint density at radius 2 is 2.11 bits per heavy atom. The predicted octanol–water partition coefficient (Wildman–Crippen LogP) is 0.628. The predicted molar refractivity (Wildman–Crippen MR) is 73.7 cm³/mol. The minimum absolute atomic E-state index is 0.265. The second-order valence-corrected chi connectivity index (χ2v) is 5.94. The average Bonchev–Trinajstić information content (AvgIpc) is 2.30. The van der Waals surface area contributed by atoms with Crippen LogP contribution in [-0.4, -0.2) is 44.3 Å². The van der Waals surface area contributed by atoms with Crippen LogP contribution in [0.15, 0.2) is 6.07 Å². The normalized spacial score (nSPS) is 11.5. The summed E-state index contributed by atoms with van der Waals surface area (Å²) in [4.78, 5) is 8.21. The van der Waals surface area contributed by atoms with E-state index in [1.54, 1.807) is 6.07 Å². The Morgan fingerprint density at radius 3 is 2.74 bits per heavy atom. The molecule has 108 valence electrons. The fraction of sp³-hybridized carbons (Fsp3) is 0.600. The minimum atomic E-state index is -3.18. The van der Waals surface area contributed by atoms with E-state index in [9.17, 15) is 8.42 Å². The minimum Gasteiger partial charge on any atom is -0.374 e. The lowest BCUT2D eigenvalue weighted by atomic mass is 10.5. The first-order valence-corrected chi connectivity index (χ1v) is 7.97. The first kappa shape index (κ1) is 16.1. The molecular formula is C10H17ClN4O3S. The van der Waals surface area contributed by atoms with E-state index in [2.05, 4.69) is 20.0 Å². The van der Waals surface area contributed by atoms with Crippen molar-refractivity contribution in [2.75, 3.05) is 31.3 Å². The number of nitrogens with zero attached hydrogens (tertiary/aromatic N) is 2. The van der Waals surface area contributed by atoms with Crippen LogP contribution >= 0.6 is 11.6 Å². The van der Waals surface area contributed by atoms with Crippen molar-refractivity contribution >= 4 is 27.4 Å². The van der Waals surface area contributed by atoms with Crippen molar-refractivity contribution in [3.05, 3.63) is 17.0 Å². The van der Waals surface area contributed by atoms with E-state index in [1.165, 1.54) is 0 Å². The van der Waals surface area contributed by atoms with Crippen molar-refractivity contribution in [1.82, 2.24) is 14.7 Å². The molecule has 0 saturated carbocycles. The highest BCUT2D eigenvalue weighted by Gasteiger charge is 2.04. The van der Waals surface area contributed by atoms with E-state index in [1.807, 2.05) is 6.92 Å². The molecular weight excluding hydrogens is 292 g/mol. The van der Waals surface area contributed by atoms with E-state index in [0.717, 1.165) is 6.26 Å². The van der Waals surface area contributed by atoms with Crippen LogP contribution < -0.4 is 10.0 Å². The molecule has 7 nitrogen and oxygen atoms in total. The van der Waals surface area contributed by atoms with Gasteiger partial charge in [-0.1, -0.05) is 11.6 Å². The summed E-state index contributed by atoms with van der Waals surface area (Å²) < 4.78 is 29.3. The molecule has 0 aliphatic rings. The second-order valence-electron chi connectivity index (χ2n) is 3.72. The topological polar surface area (TPSA) is 93.2 Å². The van der Waals surface area contributed by atoms with Crippen LogP contribution in [0.4, 0.5) is 5.82 Å². The summed E-state index contributed by atoms with van der Waals surface area (Å²) in [5.41, 5.74) is 0. The zero-order chi connectivity index (χ0) is 14.3. The van der Waals surface area contributed by atoms with E-state index < -0.39 is 10.0 Å². The van der Waals surface area contributed by atoms with Gasteiger partial charge in [-0.3, -0.25) is 0 Å². The first-order chi connectivity index (χ1) is 8.90. The Labute approximate surface area is 117 Å². The third-order valence-corrected chi connectivity index (χ3v) is 2.89. The summed E-state index contributed by atoms with van der Waals surface area (Å²) >= 11 is 5.86. The Bertz CT molecular complexity index is 509. The quantitative estimate of drug-likeness (QED) is 0.540. The van der Waals surface area contributed by atoms with E-state index in [0.29, 0.717) is 29.9 Å². The van der Waals surface area contributed by atoms with Gasteiger partial charge in [-0.2, -0.15) is 0 Å². The lowest BCUT2D eigenvalue weighted by Crippen LogP contribution is -2.27. The number of halogens is 1. The molecule has 0 radical (unpaired) electrons. The van der Waals surface area contributed by atoms with Crippen LogP contribution in [0.2, 0.25) is 5.15 Å². The smallest absolute Gasteiger partial charge is 0.208 e. The van der Waals surface area contributed by atoms with E-state index >= 15 is 0 Å². The van der Waals surface area contributed by atoms with Gasteiger partial charge in [0.05, 0.1) is 6.26 Å². The van der Waals surface area contributed by atoms with Crippen molar-refractivity contribution in [2.24, 2.45) is 0 Å². The molecule has 2 N–H and O–H groups in total. The largest absolute Gasteiger partial charge is 0.374 e. The lowest BCUT2D eigenvalue weighted by Gasteiger charge is -2.08. The third-order valence-electron chi connectivity index (χ3n) is 1.97. The van der Waals surface area contributed by atoms with Crippen LogP contribution in [-0.2, 0) is 21.4 Å². The molecule has 1 heterocycles. The summed E-state index contributed by atoms with van der Waals surface area (Å²) in [7, 11) is -3.18. The molecule has 19 heavy (non-hydrogen) atoms. The number of hydrogen-bond acceptors (Lipinski definition) is 6. The second kappa shape index (κ2) is 7.59. The Kier molecular flexibility index (Phi) is 6.43. The summed E-state index contributed by atoms with van der Waals surface area (Å²) in [5, 5.41) is 3.27. The number of aromatic nitrogens is 2. The highest BCUT2D eigenvalue weighted by molar-refractivity contribution is 7.88. The molecule has 0 aliphatic heterocycles. The van der Waals surface area contributed by atoms with Crippen LogP contribution in [0.25, 0.3) is 0 Å². The first-order valence-electron chi connectivity index (χ1n) is 5.70. The maximum atomic E-state index is 10.9. The summed E-state index contributed by atoms with van der Waals surface area (Å²) in [5.74, 6) is 1.01. The molecule has 0 bridgehead atoms. The molecule has 0 aromatic carbocycles. The SMILES string of the molecule is CCOCc1nc(Cl)cc(NCCNS(C)(=O)=O)n1. The molecule has 0 unspecified atom stereocenters. The Morgan fingerprint density at radius 1 is 1.37 bits per heavy atom. The summed E-state index contributed by atoms with van der Waals surface area (Å²) in [6.07, 6.45) is 1.11. The molecule has 0 aliphatic carbocycles. The van der Waals surface area contributed by atoms with Gasteiger partial charge >= 0.3 is 0 Å². The van der Waals surface area contributed by atoms with Crippen molar-refractivity contribution in [3.8, 4) is 0 Å². The molecule has 1 aromatic heterocycles. The zero-order valence-corrected chi connectivity index (χ0v) is 12.4. The van der Waals surface area contributed by atoms with Crippen LogP contribution in [0, 0.1) is 0 Å². The van der Waals surface area contributed by atoms with Crippen molar-refractivity contribution in [1.29, 1.82) is 0 Å². The molecule has 0 fully saturated rings. The standard InChI is InChI=1S/C10H17ClN4O3S/c1-3-18-7-10-14-8(11)6-9(15-10)12-4-5-13-19(2,16)17/h6,13H,3-5,7H2,1-2H3,(H,12,14,15). The average molecular weight is 309 g/mol.